The van der Waals surface area contributed by atoms with Gasteiger partial charge in [-0.25, -0.2) is 15.0 Å². The summed E-state index contributed by atoms with van der Waals surface area (Å²) < 4.78 is 7.47. The van der Waals surface area contributed by atoms with Crippen LogP contribution < -0.4 is 10.5 Å². The summed E-state index contributed by atoms with van der Waals surface area (Å²) in [5, 5.41) is 0.688. The smallest absolute Gasteiger partial charge is 0.255 e. The van der Waals surface area contributed by atoms with Gasteiger partial charge in [0.1, 0.15) is 12.4 Å². The number of morpholine rings is 1. The van der Waals surface area contributed by atoms with Crippen LogP contribution in [0, 0.1) is 0 Å². The van der Waals surface area contributed by atoms with Crippen molar-refractivity contribution in [2.75, 3.05) is 24.6 Å². The zero-order valence-electron chi connectivity index (χ0n) is 14.7. The molecule has 0 saturated carbocycles. The predicted octanol–water partition coefficient (Wildman–Crippen LogP) is 2.47. The predicted molar refractivity (Wildman–Crippen MR) is 103 cm³/mol. The standard InChI is InChI=1S/C19H18ClN5O2/c1-24-18(26)10-16(15-6-7-21-12-22-15)23-19(24)25-8-9-27-17(11-25)13-2-4-14(20)5-3-13/h2-7,10,12,17H,8-9,11H2,1H3/t17-/m1/s1. The second-order valence-corrected chi connectivity index (χ2v) is 6.73. The fourth-order valence-corrected chi connectivity index (χ4v) is 3.22. The number of benzene rings is 1. The van der Waals surface area contributed by atoms with Gasteiger partial charge >= 0.3 is 0 Å². The van der Waals surface area contributed by atoms with Gasteiger partial charge in [-0.05, 0) is 23.8 Å². The summed E-state index contributed by atoms with van der Waals surface area (Å²) in [7, 11) is 1.72. The maximum absolute atomic E-state index is 12.5. The Kier molecular flexibility index (Phi) is 4.87. The van der Waals surface area contributed by atoms with Gasteiger partial charge in [0.15, 0.2) is 0 Å². The second kappa shape index (κ2) is 7.46. The molecule has 0 spiro atoms. The fraction of sp³-hybridized carbons (Fsp3) is 0.263. The number of ether oxygens (including phenoxy) is 1. The molecule has 2 aromatic heterocycles. The zero-order chi connectivity index (χ0) is 18.8. The minimum atomic E-state index is -0.136. The van der Waals surface area contributed by atoms with Gasteiger partial charge in [0.2, 0.25) is 5.95 Å². The first-order chi connectivity index (χ1) is 13.1. The van der Waals surface area contributed by atoms with E-state index in [2.05, 4.69) is 14.9 Å². The molecular weight excluding hydrogens is 366 g/mol. The molecule has 1 atom stereocenters. The lowest BCUT2D eigenvalue weighted by atomic mass is 10.1. The number of halogens is 1. The van der Waals surface area contributed by atoms with Gasteiger partial charge in [-0.1, -0.05) is 23.7 Å². The van der Waals surface area contributed by atoms with Crippen molar-refractivity contribution in [2.24, 2.45) is 7.05 Å². The number of rotatable bonds is 3. The SMILES string of the molecule is Cn1c(N2CCO[C@@H](c3ccc(Cl)cc3)C2)nc(-c2ccncn2)cc1=O. The molecule has 0 bridgehead atoms. The van der Waals surface area contributed by atoms with Crippen LogP contribution in [0.25, 0.3) is 11.4 Å². The Hall–Kier alpha value is -2.77. The normalized spacial score (nSPS) is 17.1. The van der Waals surface area contributed by atoms with Crippen LogP contribution >= 0.6 is 11.6 Å². The van der Waals surface area contributed by atoms with E-state index >= 15 is 0 Å². The topological polar surface area (TPSA) is 73.1 Å². The van der Waals surface area contributed by atoms with Gasteiger partial charge in [-0.2, -0.15) is 0 Å². The van der Waals surface area contributed by atoms with Gasteiger partial charge in [-0.3, -0.25) is 9.36 Å². The maximum atomic E-state index is 12.5. The van der Waals surface area contributed by atoms with Crippen LogP contribution in [0.15, 0.2) is 53.7 Å². The van der Waals surface area contributed by atoms with Crippen molar-refractivity contribution in [3.05, 3.63) is 69.9 Å². The van der Waals surface area contributed by atoms with Crippen LogP contribution in [0.1, 0.15) is 11.7 Å². The lowest BCUT2D eigenvalue weighted by Gasteiger charge is -2.34. The van der Waals surface area contributed by atoms with E-state index in [4.69, 9.17) is 21.3 Å². The highest BCUT2D eigenvalue weighted by atomic mass is 35.5. The Morgan fingerprint density at radius 2 is 2.00 bits per heavy atom. The molecule has 27 heavy (non-hydrogen) atoms. The summed E-state index contributed by atoms with van der Waals surface area (Å²) in [6.45, 7) is 1.79. The zero-order valence-corrected chi connectivity index (χ0v) is 15.5. The Balaban J connectivity index is 1.67. The molecule has 1 aliphatic rings. The van der Waals surface area contributed by atoms with E-state index in [1.54, 1.807) is 23.9 Å². The third-order valence-corrected chi connectivity index (χ3v) is 4.80. The van der Waals surface area contributed by atoms with Gasteiger partial charge < -0.3 is 9.64 Å². The van der Waals surface area contributed by atoms with Gasteiger partial charge in [0.25, 0.3) is 5.56 Å². The van der Waals surface area contributed by atoms with Crippen LogP contribution in [-0.2, 0) is 11.8 Å². The highest BCUT2D eigenvalue weighted by Crippen LogP contribution is 2.26. The molecule has 0 N–H and O–H groups in total. The minimum absolute atomic E-state index is 0.115. The van der Waals surface area contributed by atoms with E-state index in [-0.39, 0.29) is 11.7 Å². The first-order valence-electron chi connectivity index (χ1n) is 8.58. The number of aromatic nitrogens is 4. The third kappa shape index (κ3) is 3.70. The third-order valence-electron chi connectivity index (χ3n) is 4.55. The lowest BCUT2D eigenvalue weighted by Crippen LogP contribution is -2.41. The monoisotopic (exact) mass is 383 g/mol. The summed E-state index contributed by atoms with van der Waals surface area (Å²) >= 11 is 5.98. The molecule has 0 aliphatic carbocycles. The van der Waals surface area contributed by atoms with E-state index in [0.717, 1.165) is 5.56 Å². The average molecular weight is 384 g/mol. The summed E-state index contributed by atoms with van der Waals surface area (Å²) in [6, 6.07) is 10.8. The molecule has 4 rings (SSSR count). The Bertz CT molecular complexity index is 991. The molecule has 1 aromatic carbocycles. The molecule has 1 aliphatic heterocycles. The molecule has 0 amide bonds. The fourth-order valence-electron chi connectivity index (χ4n) is 3.09. The molecule has 138 valence electrons. The molecular formula is C19H18ClN5O2. The summed E-state index contributed by atoms with van der Waals surface area (Å²) in [5.41, 5.74) is 2.06. The minimum Gasteiger partial charge on any atom is -0.370 e. The van der Waals surface area contributed by atoms with Crippen LogP contribution in [0.2, 0.25) is 5.02 Å². The van der Waals surface area contributed by atoms with E-state index in [1.807, 2.05) is 24.3 Å². The lowest BCUT2D eigenvalue weighted by molar-refractivity contribution is 0.0390. The number of nitrogens with zero attached hydrogens (tertiary/aromatic N) is 5. The first-order valence-corrected chi connectivity index (χ1v) is 8.96. The molecule has 0 radical (unpaired) electrons. The first kappa shape index (κ1) is 17.6. The van der Waals surface area contributed by atoms with Crippen molar-refractivity contribution in [3.63, 3.8) is 0 Å². The van der Waals surface area contributed by atoms with Crippen molar-refractivity contribution in [1.29, 1.82) is 0 Å². The van der Waals surface area contributed by atoms with Crippen molar-refractivity contribution >= 4 is 17.5 Å². The quantitative estimate of drug-likeness (QED) is 0.691. The molecule has 1 saturated heterocycles. The van der Waals surface area contributed by atoms with Crippen LogP contribution in [0.3, 0.4) is 0 Å². The molecule has 3 aromatic rings. The van der Waals surface area contributed by atoms with Gasteiger partial charge in [0.05, 0.1) is 24.5 Å². The van der Waals surface area contributed by atoms with Crippen LogP contribution in [0.4, 0.5) is 5.95 Å². The van der Waals surface area contributed by atoms with Gasteiger partial charge in [0, 0.05) is 30.9 Å². The Morgan fingerprint density at radius 3 is 2.74 bits per heavy atom. The highest BCUT2D eigenvalue weighted by Gasteiger charge is 2.25. The van der Waals surface area contributed by atoms with Crippen molar-refractivity contribution in [2.45, 2.75) is 6.10 Å². The van der Waals surface area contributed by atoms with Crippen molar-refractivity contribution in [1.82, 2.24) is 19.5 Å². The highest BCUT2D eigenvalue weighted by molar-refractivity contribution is 6.30. The van der Waals surface area contributed by atoms with Gasteiger partial charge in [-0.15, -0.1) is 0 Å². The molecule has 8 heteroatoms. The molecule has 3 heterocycles. The average Bonchev–Trinajstić information content (AvgIpc) is 2.71. The van der Waals surface area contributed by atoms with Crippen LogP contribution in [0.5, 0.6) is 0 Å². The van der Waals surface area contributed by atoms with E-state index < -0.39 is 0 Å². The van der Waals surface area contributed by atoms with Crippen molar-refractivity contribution in [3.8, 4) is 11.4 Å². The summed E-state index contributed by atoms with van der Waals surface area (Å²) in [6.07, 6.45) is 2.96. The van der Waals surface area contributed by atoms with E-state index in [0.29, 0.717) is 42.1 Å². The van der Waals surface area contributed by atoms with Crippen molar-refractivity contribution < 1.29 is 4.74 Å². The number of hydrogen-bond acceptors (Lipinski definition) is 6. The number of anilines is 1. The van der Waals surface area contributed by atoms with E-state index in [1.165, 1.54) is 12.4 Å². The summed E-state index contributed by atoms with van der Waals surface area (Å²) in [5.74, 6) is 0.596. The Labute approximate surface area is 161 Å². The summed E-state index contributed by atoms with van der Waals surface area (Å²) in [4.78, 5) is 27.3. The number of hydrogen-bond donors (Lipinski definition) is 0. The molecule has 0 unspecified atom stereocenters. The molecule has 1 fully saturated rings. The molecule has 7 nitrogen and oxygen atoms in total. The Morgan fingerprint density at radius 1 is 1.19 bits per heavy atom. The maximum Gasteiger partial charge on any atom is 0.255 e. The van der Waals surface area contributed by atoms with E-state index in [9.17, 15) is 4.79 Å². The second-order valence-electron chi connectivity index (χ2n) is 6.29. The van der Waals surface area contributed by atoms with Crippen LogP contribution in [-0.4, -0.2) is 39.2 Å². The largest absolute Gasteiger partial charge is 0.370 e.